The van der Waals surface area contributed by atoms with Crippen LogP contribution in [0.15, 0.2) is 18.6 Å². The fraction of sp³-hybridized carbons (Fsp3) is 0.222. The predicted octanol–water partition coefficient (Wildman–Crippen LogP) is 0.524. The lowest BCUT2D eigenvalue weighted by Crippen LogP contribution is -2.05. The van der Waals surface area contributed by atoms with Crippen LogP contribution in [0.3, 0.4) is 0 Å². The Morgan fingerprint density at radius 2 is 2.27 bits per heavy atom. The molecule has 0 amide bonds. The Labute approximate surface area is 85.4 Å². The largest absolute Gasteiger partial charge is 0.495 e. The molecule has 0 bridgehead atoms. The molecule has 0 saturated heterocycles. The number of hydrogen-bond donors (Lipinski definition) is 0. The molecule has 0 aliphatic carbocycles. The van der Waals surface area contributed by atoms with E-state index >= 15 is 0 Å². The summed E-state index contributed by atoms with van der Waals surface area (Å²) in [6, 6.07) is 1.57. The maximum Gasteiger partial charge on any atom is 0.341 e. The first-order valence-electron chi connectivity index (χ1n) is 4.22. The van der Waals surface area contributed by atoms with Gasteiger partial charge in [0, 0.05) is 6.07 Å². The molecule has 2 rings (SSSR count). The van der Waals surface area contributed by atoms with Crippen LogP contribution >= 0.6 is 0 Å². The number of esters is 1. The molecule has 0 spiro atoms. The van der Waals surface area contributed by atoms with Gasteiger partial charge in [0.15, 0.2) is 5.65 Å². The summed E-state index contributed by atoms with van der Waals surface area (Å²) in [6.07, 6.45) is 3.17. The van der Waals surface area contributed by atoms with E-state index in [2.05, 4.69) is 14.9 Å². The van der Waals surface area contributed by atoms with E-state index in [1.54, 1.807) is 16.7 Å². The molecule has 0 saturated carbocycles. The Morgan fingerprint density at radius 3 is 2.93 bits per heavy atom. The van der Waals surface area contributed by atoms with Gasteiger partial charge < -0.3 is 9.47 Å². The van der Waals surface area contributed by atoms with Gasteiger partial charge in [-0.1, -0.05) is 0 Å². The van der Waals surface area contributed by atoms with Crippen molar-refractivity contribution in [2.24, 2.45) is 0 Å². The first-order chi connectivity index (χ1) is 7.26. The van der Waals surface area contributed by atoms with E-state index in [0.29, 0.717) is 17.0 Å². The van der Waals surface area contributed by atoms with Crippen LogP contribution in [-0.2, 0) is 4.74 Å². The van der Waals surface area contributed by atoms with Crippen molar-refractivity contribution in [3.8, 4) is 5.75 Å². The molecule has 0 aliphatic heterocycles. The van der Waals surface area contributed by atoms with Crippen molar-refractivity contribution in [3.05, 3.63) is 24.2 Å². The fourth-order valence-electron chi connectivity index (χ4n) is 1.28. The van der Waals surface area contributed by atoms with Crippen molar-refractivity contribution in [1.82, 2.24) is 14.6 Å². The summed E-state index contributed by atoms with van der Waals surface area (Å²) in [5.74, 6) is 0.0783. The molecular formula is C9H9N3O3. The van der Waals surface area contributed by atoms with Gasteiger partial charge in [0.05, 0.1) is 20.4 Å². The number of carbonyl (C=O) groups is 1. The molecular weight excluding hydrogens is 198 g/mol. The molecule has 15 heavy (non-hydrogen) atoms. The van der Waals surface area contributed by atoms with Crippen LogP contribution in [0.5, 0.6) is 5.75 Å². The van der Waals surface area contributed by atoms with Crippen LogP contribution in [0.1, 0.15) is 10.4 Å². The van der Waals surface area contributed by atoms with Gasteiger partial charge in [-0.15, -0.1) is 10.2 Å². The number of rotatable bonds is 2. The molecule has 6 heteroatoms. The lowest BCUT2D eigenvalue weighted by atomic mass is 10.2. The Balaban J connectivity index is 2.68. The third-order valence-electron chi connectivity index (χ3n) is 2.01. The normalized spacial score (nSPS) is 10.3. The van der Waals surface area contributed by atoms with Crippen LogP contribution < -0.4 is 4.74 Å². The third kappa shape index (κ3) is 1.50. The van der Waals surface area contributed by atoms with Crippen LogP contribution in [0.4, 0.5) is 0 Å². The second kappa shape index (κ2) is 3.56. The zero-order valence-corrected chi connectivity index (χ0v) is 8.30. The van der Waals surface area contributed by atoms with Crippen molar-refractivity contribution in [1.29, 1.82) is 0 Å². The van der Waals surface area contributed by atoms with Crippen molar-refractivity contribution in [2.75, 3.05) is 14.2 Å². The smallest absolute Gasteiger partial charge is 0.341 e. The van der Waals surface area contributed by atoms with Gasteiger partial charge in [0.25, 0.3) is 0 Å². The van der Waals surface area contributed by atoms with E-state index in [9.17, 15) is 4.79 Å². The molecule has 0 aliphatic rings. The quantitative estimate of drug-likeness (QED) is 0.672. The maximum absolute atomic E-state index is 11.4. The van der Waals surface area contributed by atoms with Crippen LogP contribution in [0.2, 0.25) is 0 Å². The van der Waals surface area contributed by atoms with Gasteiger partial charge in [-0.3, -0.25) is 4.40 Å². The average Bonchev–Trinajstić information content (AvgIpc) is 2.74. The molecule has 0 radical (unpaired) electrons. The molecule has 0 unspecified atom stereocenters. The highest BCUT2D eigenvalue weighted by Crippen LogP contribution is 2.17. The highest BCUT2D eigenvalue weighted by Gasteiger charge is 2.14. The number of carbonyl (C=O) groups excluding carboxylic acids is 1. The van der Waals surface area contributed by atoms with E-state index in [1.807, 2.05) is 0 Å². The first kappa shape index (κ1) is 9.45. The zero-order valence-electron chi connectivity index (χ0n) is 8.30. The summed E-state index contributed by atoms with van der Waals surface area (Å²) >= 11 is 0. The van der Waals surface area contributed by atoms with Crippen LogP contribution in [0, 0.1) is 0 Å². The minimum atomic E-state index is -0.466. The Hall–Kier alpha value is -2.11. The number of ether oxygens (including phenoxy) is 2. The number of aromatic nitrogens is 3. The van der Waals surface area contributed by atoms with Gasteiger partial charge in [0.2, 0.25) is 0 Å². The maximum atomic E-state index is 11.4. The summed E-state index contributed by atoms with van der Waals surface area (Å²) in [5.41, 5.74) is 0.775. The van der Waals surface area contributed by atoms with Gasteiger partial charge in [-0.25, -0.2) is 4.79 Å². The summed E-state index contributed by atoms with van der Waals surface area (Å²) < 4.78 is 11.3. The number of methoxy groups -OCH3 is 2. The Morgan fingerprint density at radius 1 is 1.47 bits per heavy atom. The van der Waals surface area contributed by atoms with E-state index in [1.165, 1.54) is 20.5 Å². The minimum absolute atomic E-state index is 0.328. The van der Waals surface area contributed by atoms with E-state index in [-0.39, 0.29) is 0 Å². The summed E-state index contributed by atoms with van der Waals surface area (Å²) in [5, 5.41) is 7.52. The van der Waals surface area contributed by atoms with E-state index in [4.69, 9.17) is 4.74 Å². The number of pyridine rings is 1. The summed E-state index contributed by atoms with van der Waals surface area (Å²) in [4.78, 5) is 11.4. The number of nitrogens with zero attached hydrogens (tertiary/aromatic N) is 3. The van der Waals surface area contributed by atoms with Gasteiger partial charge in [0.1, 0.15) is 17.6 Å². The second-order valence-electron chi connectivity index (χ2n) is 2.85. The van der Waals surface area contributed by atoms with Gasteiger partial charge in [-0.2, -0.15) is 0 Å². The Kier molecular flexibility index (Phi) is 2.24. The minimum Gasteiger partial charge on any atom is -0.495 e. The molecule has 2 aromatic rings. The monoisotopic (exact) mass is 207 g/mol. The van der Waals surface area contributed by atoms with Crippen molar-refractivity contribution in [2.45, 2.75) is 0 Å². The molecule has 0 N–H and O–H groups in total. The molecule has 78 valence electrons. The summed E-state index contributed by atoms with van der Waals surface area (Å²) in [6.45, 7) is 0. The average molecular weight is 207 g/mol. The van der Waals surface area contributed by atoms with Crippen molar-refractivity contribution >= 4 is 11.6 Å². The van der Waals surface area contributed by atoms with Crippen molar-refractivity contribution in [3.63, 3.8) is 0 Å². The fourth-order valence-corrected chi connectivity index (χ4v) is 1.28. The van der Waals surface area contributed by atoms with Gasteiger partial charge in [-0.05, 0) is 0 Å². The lowest BCUT2D eigenvalue weighted by Gasteiger charge is -2.04. The lowest BCUT2D eigenvalue weighted by molar-refractivity contribution is 0.0602. The number of fused-ring (bicyclic) bond motifs is 1. The third-order valence-corrected chi connectivity index (χ3v) is 2.01. The van der Waals surface area contributed by atoms with Gasteiger partial charge >= 0.3 is 5.97 Å². The molecule has 0 fully saturated rings. The predicted molar refractivity (Wildman–Crippen MR) is 50.9 cm³/mol. The number of hydrogen-bond acceptors (Lipinski definition) is 5. The second-order valence-corrected chi connectivity index (χ2v) is 2.85. The molecule has 6 nitrogen and oxygen atoms in total. The van der Waals surface area contributed by atoms with Crippen LogP contribution in [-0.4, -0.2) is 34.8 Å². The molecule has 0 atom stereocenters. The van der Waals surface area contributed by atoms with Crippen LogP contribution in [0.25, 0.3) is 5.65 Å². The van der Waals surface area contributed by atoms with Crippen molar-refractivity contribution < 1.29 is 14.3 Å². The molecule has 2 heterocycles. The molecule has 0 aromatic carbocycles. The Bertz CT molecular complexity index is 506. The van der Waals surface area contributed by atoms with E-state index < -0.39 is 5.97 Å². The zero-order chi connectivity index (χ0) is 10.8. The molecule has 2 aromatic heterocycles. The summed E-state index contributed by atoms with van der Waals surface area (Å²) in [7, 11) is 2.83. The SMILES string of the molecule is COC(=O)c1cc(OC)cn2cnnc12. The van der Waals surface area contributed by atoms with E-state index in [0.717, 1.165) is 0 Å². The highest BCUT2D eigenvalue weighted by molar-refractivity contribution is 5.96. The topological polar surface area (TPSA) is 65.7 Å². The first-order valence-corrected chi connectivity index (χ1v) is 4.22. The standard InChI is InChI=1S/C9H9N3O3/c1-14-6-3-7(9(13)15-2)8-11-10-5-12(8)4-6/h3-5H,1-2H3. The highest BCUT2D eigenvalue weighted by atomic mass is 16.5.